The summed E-state index contributed by atoms with van der Waals surface area (Å²) in [7, 11) is 0. The number of rotatable bonds is 6. The Labute approximate surface area is 197 Å². The monoisotopic (exact) mass is 442 g/mol. The summed E-state index contributed by atoms with van der Waals surface area (Å²) in [4.78, 5) is 2.45. The number of benzene rings is 2. The average Bonchev–Trinajstić information content (AvgIpc) is 3.37. The Morgan fingerprint density at radius 3 is 2.24 bits per heavy atom. The summed E-state index contributed by atoms with van der Waals surface area (Å²) in [6, 6.07) is 19.0. The van der Waals surface area contributed by atoms with Crippen molar-refractivity contribution in [2.45, 2.75) is 45.4 Å². The summed E-state index contributed by atoms with van der Waals surface area (Å²) in [5.74, 6) is 0.898. The van der Waals surface area contributed by atoms with Crippen LogP contribution in [0.25, 0.3) is 5.57 Å². The highest BCUT2D eigenvalue weighted by atomic mass is 16.5. The molecule has 4 heteroatoms. The Bertz CT molecular complexity index is 1060. The fourth-order valence-corrected chi connectivity index (χ4v) is 5.28. The van der Waals surface area contributed by atoms with Crippen molar-refractivity contribution >= 4 is 11.3 Å². The lowest BCUT2D eigenvalue weighted by Crippen LogP contribution is -2.44. The summed E-state index contributed by atoms with van der Waals surface area (Å²) in [6.07, 6.45) is 7.49. The van der Waals surface area contributed by atoms with Crippen molar-refractivity contribution < 1.29 is 9.84 Å². The number of ether oxygens (including phenoxy) is 1. The van der Waals surface area contributed by atoms with Crippen molar-refractivity contribution in [1.82, 2.24) is 0 Å². The molecule has 1 aliphatic heterocycles. The van der Waals surface area contributed by atoms with E-state index in [1.54, 1.807) is 0 Å². The lowest BCUT2D eigenvalue weighted by molar-refractivity contribution is 0.0764. The van der Waals surface area contributed by atoms with Gasteiger partial charge < -0.3 is 14.7 Å². The highest BCUT2D eigenvalue weighted by Gasteiger charge is 2.49. The van der Waals surface area contributed by atoms with Gasteiger partial charge in [-0.25, -0.2) is 0 Å². The van der Waals surface area contributed by atoms with Gasteiger partial charge in [-0.3, -0.25) is 0 Å². The fourth-order valence-electron chi connectivity index (χ4n) is 5.28. The Hall–Kier alpha value is -3.03. The smallest absolute Gasteiger partial charge is 0.111 e. The second kappa shape index (κ2) is 9.45. The zero-order valence-corrected chi connectivity index (χ0v) is 20.0. The fraction of sp³-hybridized carbons (Fsp3) is 0.414. The lowest BCUT2D eigenvalue weighted by atomic mass is 9.57. The Balaban J connectivity index is 1.78. The zero-order valence-electron chi connectivity index (χ0n) is 20.0. The number of nitrogens with zero attached hydrogens (tertiary/aromatic N) is 2. The normalized spacial score (nSPS) is 20.8. The van der Waals surface area contributed by atoms with Crippen LogP contribution in [0.15, 0.2) is 66.4 Å². The first-order valence-electron chi connectivity index (χ1n) is 11.9. The summed E-state index contributed by atoms with van der Waals surface area (Å²) < 4.78 is 6.19. The molecule has 1 fully saturated rings. The van der Waals surface area contributed by atoms with E-state index in [2.05, 4.69) is 68.2 Å². The number of hydrogen-bond donors (Lipinski definition) is 1. The molecule has 172 valence electrons. The van der Waals surface area contributed by atoms with E-state index in [1.165, 1.54) is 29.7 Å². The van der Waals surface area contributed by atoms with Gasteiger partial charge in [0.15, 0.2) is 0 Å². The van der Waals surface area contributed by atoms with Crippen LogP contribution in [0, 0.1) is 16.7 Å². The second-order valence-electron chi connectivity index (χ2n) is 10.1. The van der Waals surface area contributed by atoms with Crippen LogP contribution in [0.5, 0.6) is 0 Å². The molecule has 0 radical (unpaired) electrons. The highest BCUT2D eigenvalue weighted by Crippen LogP contribution is 2.54. The van der Waals surface area contributed by atoms with Crippen molar-refractivity contribution in [1.29, 1.82) is 5.26 Å². The molecule has 0 spiro atoms. The molecule has 2 aliphatic rings. The Morgan fingerprint density at radius 1 is 1.00 bits per heavy atom. The number of allylic oxidation sites excluding steroid dienone is 4. The first kappa shape index (κ1) is 23.1. The molecule has 0 saturated carbocycles. The van der Waals surface area contributed by atoms with Crippen molar-refractivity contribution in [2.75, 3.05) is 31.2 Å². The van der Waals surface area contributed by atoms with Crippen molar-refractivity contribution in [3.63, 3.8) is 0 Å². The maximum Gasteiger partial charge on any atom is 0.111 e. The molecule has 1 aliphatic carbocycles. The van der Waals surface area contributed by atoms with Gasteiger partial charge in [0.25, 0.3) is 0 Å². The molecule has 1 atom stereocenters. The zero-order chi connectivity index (χ0) is 23.5. The topological polar surface area (TPSA) is 56.5 Å². The van der Waals surface area contributed by atoms with E-state index in [9.17, 15) is 10.4 Å². The van der Waals surface area contributed by atoms with Gasteiger partial charge >= 0.3 is 0 Å². The molecule has 4 nitrogen and oxygen atoms in total. The quantitative estimate of drug-likeness (QED) is 0.612. The van der Waals surface area contributed by atoms with E-state index in [4.69, 9.17) is 4.74 Å². The van der Waals surface area contributed by atoms with Crippen LogP contribution in [0.3, 0.4) is 0 Å². The maximum absolute atomic E-state index is 9.48. The summed E-state index contributed by atoms with van der Waals surface area (Å²) in [5, 5.41) is 18.7. The molecular formula is C29H34N2O2. The van der Waals surface area contributed by atoms with Gasteiger partial charge in [0.05, 0.1) is 23.7 Å². The van der Waals surface area contributed by atoms with Crippen LogP contribution in [-0.4, -0.2) is 31.4 Å². The Kier molecular flexibility index (Phi) is 6.63. The largest absolute Gasteiger partial charge is 0.495 e. The van der Waals surface area contributed by atoms with Crippen LogP contribution in [-0.2, 0) is 10.2 Å². The van der Waals surface area contributed by atoms with E-state index in [0.29, 0.717) is 5.56 Å². The number of nitriles is 1. The summed E-state index contributed by atoms with van der Waals surface area (Å²) in [5.41, 5.74) is 4.97. The van der Waals surface area contributed by atoms with Gasteiger partial charge in [-0.2, -0.15) is 5.26 Å². The molecule has 0 bridgehead atoms. The highest BCUT2D eigenvalue weighted by molar-refractivity contribution is 5.72. The minimum absolute atomic E-state index is 0.0162. The van der Waals surface area contributed by atoms with Gasteiger partial charge in [0.1, 0.15) is 12.4 Å². The third kappa shape index (κ3) is 4.43. The number of hydrogen-bond acceptors (Lipinski definition) is 4. The SMILES string of the molecule is CC(C)(C)C1(c2ccc(N3CCCC3)cc2)CC(c2ccc(C#N)cc2)=CC=C1OCCO. The van der Waals surface area contributed by atoms with Crippen LogP contribution < -0.4 is 4.90 Å². The van der Waals surface area contributed by atoms with Crippen LogP contribution in [0.4, 0.5) is 5.69 Å². The molecule has 2 aromatic carbocycles. The predicted octanol–water partition coefficient (Wildman–Crippen LogP) is 5.82. The molecule has 2 aromatic rings. The van der Waals surface area contributed by atoms with E-state index < -0.39 is 0 Å². The molecule has 1 N–H and O–H groups in total. The number of aliphatic hydroxyl groups excluding tert-OH is 1. The minimum Gasteiger partial charge on any atom is -0.495 e. The first-order chi connectivity index (χ1) is 15.9. The van der Waals surface area contributed by atoms with Gasteiger partial charge in [0.2, 0.25) is 0 Å². The lowest BCUT2D eigenvalue weighted by Gasteiger charge is -2.48. The van der Waals surface area contributed by atoms with Gasteiger partial charge in [-0.1, -0.05) is 51.1 Å². The van der Waals surface area contributed by atoms with Gasteiger partial charge in [-0.15, -0.1) is 0 Å². The predicted molar refractivity (Wildman–Crippen MR) is 134 cm³/mol. The van der Waals surface area contributed by atoms with Crippen molar-refractivity contribution in [3.8, 4) is 6.07 Å². The molecule has 0 aromatic heterocycles. The summed E-state index contributed by atoms with van der Waals surface area (Å²) in [6.45, 7) is 9.30. The van der Waals surface area contributed by atoms with E-state index in [-0.39, 0.29) is 24.0 Å². The third-order valence-corrected chi connectivity index (χ3v) is 7.16. The number of aliphatic hydroxyl groups is 1. The van der Waals surface area contributed by atoms with Crippen LogP contribution >= 0.6 is 0 Å². The van der Waals surface area contributed by atoms with Gasteiger partial charge in [-0.05, 0) is 71.7 Å². The Morgan fingerprint density at radius 2 is 1.67 bits per heavy atom. The van der Waals surface area contributed by atoms with E-state index in [1.807, 2.05) is 24.3 Å². The summed E-state index contributed by atoms with van der Waals surface area (Å²) >= 11 is 0. The van der Waals surface area contributed by atoms with E-state index >= 15 is 0 Å². The van der Waals surface area contributed by atoms with Crippen LogP contribution in [0.2, 0.25) is 0 Å². The molecule has 1 unspecified atom stereocenters. The minimum atomic E-state index is -0.385. The molecule has 0 amide bonds. The average molecular weight is 443 g/mol. The number of anilines is 1. The second-order valence-corrected chi connectivity index (χ2v) is 10.1. The standard InChI is InChI=1S/C29H34N2O2/c1-28(2,3)29(25-11-13-26(14-12-25)31-16-4-5-17-31)20-24(10-15-27(29)33-19-18-32)23-8-6-22(21-30)7-9-23/h6-15,32H,4-5,16-20H2,1-3H3. The van der Waals surface area contributed by atoms with Crippen LogP contribution in [0.1, 0.15) is 56.7 Å². The van der Waals surface area contributed by atoms with Gasteiger partial charge in [0, 0.05) is 18.8 Å². The molecular weight excluding hydrogens is 408 g/mol. The molecule has 1 saturated heterocycles. The third-order valence-electron chi connectivity index (χ3n) is 7.16. The van der Waals surface area contributed by atoms with Crippen molar-refractivity contribution in [2.24, 2.45) is 5.41 Å². The molecule has 4 rings (SSSR count). The maximum atomic E-state index is 9.48. The van der Waals surface area contributed by atoms with Crippen molar-refractivity contribution in [3.05, 3.63) is 83.1 Å². The first-order valence-corrected chi connectivity index (χ1v) is 11.9. The molecule has 1 heterocycles. The molecule has 33 heavy (non-hydrogen) atoms. The van der Waals surface area contributed by atoms with E-state index in [0.717, 1.165) is 30.8 Å².